The summed E-state index contributed by atoms with van der Waals surface area (Å²) in [7, 11) is 0. The second-order valence-corrected chi connectivity index (χ2v) is 7.64. The highest BCUT2D eigenvalue weighted by atomic mass is 35.5. The van der Waals surface area contributed by atoms with Gasteiger partial charge in [0, 0.05) is 56.6 Å². The molecular formula is C21H23ClN4O. The molecule has 0 atom stereocenters. The van der Waals surface area contributed by atoms with Gasteiger partial charge in [0.2, 0.25) is 0 Å². The first-order valence-corrected chi connectivity index (χ1v) is 9.63. The third-order valence-electron chi connectivity index (χ3n) is 5.01. The van der Waals surface area contributed by atoms with Crippen LogP contribution in [0.2, 0.25) is 5.02 Å². The maximum Gasteiger partial charge on any atom is 0.258 e. The van der Waals surface area contributed by atoms with Gasteiger partial charge in [0.1, 0.15) is 5.65 Å². The molecule has 1 aliphatic rings. The Balaban J connectivity index is 1.38. The molecule has 5 nitrogen and oxygen atoms in total. The molecule has 0 bridgehead atoms. The van der Waals surface area contributed by atoms with E-state index in [1.165, 1.54) is 5.56 Å². The number of halogens is 1. The lowest BCUT2D eigenvalue weighted by molar-refractivity contribution is 0.121. The lowest BCUT2D eigenvalue weighted by atomic mass is 10.2. The van der Waals surface area contributed by atoms with Gasteiger partial charge in [0.15, 0.2) is 0 Å². The molecule has 0 radical (unpaired) electrons. The summed E-state index contributed by atoms with van der Waals surface area (Å²) in [5.41, 5.74) is 3.83. The molecule has 2 aromatic heterocycles. The molecule has 0 N–H and O–H groups in total. The summed E-state index contributed by atoms with van der Waals surface area (Å²) < 4.78 is 1.61. The summed E-state index contributed by atoms with van der Waals surface area (Å²) in [5, 5.41) is 0.787. The molecule has 1 aliphatic heterocycles. The van der Waals surface area contributed by atoms with Gasteiger partial charge in [-0.15, -0.1) is 0 Å². The van der Waals surface area contributed by atoms with Crippen LogP contribution in [0.5, 0.6) is 0 Å². The highest BCUT2D eigenvalue weighted by molar-refractivity contribution is 6.30. The van der Waals surface area contributed by atoms with Gasteiger partial charge in [-0.1, -0.05) is 29.8 Å². The van der Waals surface area contributed by atoms with Crippen molar-refractivity contribution in [1.29, 1.82) is 0 Å². The van der Waals surface area contributed by atoms with E-state index < -0.39 is 0 Å². The lowest BCUT2D eigenvalue weighted by Gasteiger charge is -2.34. The Morgan fingerprint density at radius 3 is 2.48 bits per heavy atom. The van der Waals surface area contributed by atoms with Crippen molar-refractivity contribution in [3.05, 3.63) is 80.9 Å². The summed E-state index contributed by atoms with van der Waals surface area (Å²) in [6.45, 7) is 7.54. The maximum atomic E-state index is 12.4. The zero-order chi connectivity index (χ0) is 18.8. The Labute approximate surface area is 163 Å². The molecule has 0 amide bonds. The highest BCUT2D eigenvalue weighted by Crippen LogP contribution is 2.14. The lowest BCUT2D eigenvalue weighted by Crippen LogP contribution is -2.45. The quantitative estimate of drug-likeness (QED) is 0.695. The van der Waals surface area contributed by atoms with Crippen molar-refractivity contribution in [1.82, 2.24) is 19.2 Å². The van der Waals surface area contributed by atoms with Crippen molar-refractivity contribution in [3.63, 3.8) is 0 Å². The zero-order valence-corrected chi connectivity index (χ0v) is 16.2. The van der Waals surface area contributed by atoms with Crippen molar-refractivity contribution in [3.8, 4) is 0 Å². The fourth-order valence-corrected chi connectivity index (χ4v) is 3.78. The topological polar surface area (TPSA) is 40.9 Å². The molecule has 0 unspecified atom stereocenters. The fourth-order valence-electron chi connectivity index (χ4n) is 3.57. The summed E-state index contributed by atoms with van der Waals surface area (Å²) in [5.74, 6) is 0. The second kappa shape index (κ2) is 7.80. The molecule has 4 rings (SSSR count). The molecule has 3 aromatic rings. The standard InChI is InChI=1S/C21H23ClN4O/c1-16-5-6-20-23-19(12-21(27)26(20)13-16)15-25-9-7-24(8-10-25)14-17-3-2-4-18(22)11-17/h2-6,11-13H,7-10,14-15H2,1H3. The first kappa shape index (κ1) is 18.2. The summed E-state index contributed by atoms with van der Waals surface area (Å²) in [6.07, 6.45) is 1.84. The van der Waals surface area contributed by atoms with Crippen LogP contribution in [-0.2, 0) is 13.1 Å². The first-order valence-electron chi connectivity index (χ1n) is 9.25. The molecule has 1 saturated heterocycles. The van der Waals surface area contributed by atoms with Crippen LogP contribution in [0.25, 0.3) is 5.65 Å². The van der Waals surface area contributed by atoms with Crippen molar-refractivity contribution < 1.29 is 0 Å². The Bertz CT molecular complexity index is 1010. The third kappa shape index (κ3) is 4.38. The Morgan fingerprint density at radius 2 is 1.74 bits per heavy atom. The summed E-state index contributed by atoms with van der Waals surface area (Å²) >= 11 is 6.08. The van der Waals surface area contributed by atoms with Crippen LogP contribution in [0.1, 0.15) is 16.8 Å². The van der Waals surface area contributed by atoms with E-state index in [4.69, 9.17) is 11.6 Å². The minimum Gasteiger partial charge on any atom is -0.297 e. The van der Waals surface area contributed by atoms with E-state index >= 15 is 0 Å². The Morgan fingerprint density at radius 1 is 1.00 bits per heavy atom. The number of hydrogen-bond donors (Lipinski definition) is 0. The van der Waals surface area contributed by atoms with Crippen molar-refractivity contribution in [2.75, 3.05) is 26.2 Å². The minimum absolute atomic E-state index is 0.0155. The molecule has 3 heterocycles. The summed E-state index contributed by atoms with van der Waals surface area (Å²) in [6, 6.07) is 13.6. The highest BCUT2D eigenvalue weighted by Gasteiger charge is 2.18. The van der Waals surface area contributed by atoms with Crippen LogP contribution in [0.3, 0.4) is 0 Å². The van der Waals surface area contributed by atoms with E-state index in [9.17, 15) is 4.79 Å². The first-order chi connectivity index (χ1) is 13.1. The molecular weight excluding hydrogens is 360 g/mol. The predicted molar refractivity (Wildman–Crippen MR) is 108 cm³/mol. The number of fused-ring (bicyclic) bond motifs is 1. The molecule has 0 saturated carbocycles. The largest absolute Gasteiger partial charge is 0.297 e. The number of aryl methyl sites for hydroxylation is 1. The van der Waals surface area contributed by atoms with Gasteiger partial charge in [-0.25, -0.2) is 4.98 Å². The van der Waals surface area contributed by atoms with Crippen LogP contribution in [-0.4, -0.2) is 45.4 Å². The van der Waals surface area contributed by atoms with Crippen LogP contribution >= 0.6 is 11.6 Å². The smallest absolute Gasteiger partial charge is 0.258 e. The second-order valence-electron chi connectivity index (χ2n) is 7.20. The zero-order valence-electron chi connectivity index (χ0n) is 15.4. The van der Waals surface area contributed by atoms with Crippen LogP contribution < -0.4 is 5.56 Å². The van der Waals surface area contributed by atoms with E-state index in [1.807, 2.05) is 43.5 Å². The number of rotatable bonds is 4. The maximum absolute atomic E-state index is 12.4. The van der Waals surface area contributed by atoms with Gasteiger partial charge in [-0.05, 0) is 36.2 Å². The van der Waals surface area contributed by atoms with Crippen molar-refractivity contribution in [2.24, 2.45) is 0 Å². The number of hydrogen-bond acceptors (Lipinski definition) is 4. The number of aromatic nitrogens is 2. The van der Waals surface area contributed by atoms with Crippen molar-refractivity contribution >= 4 is 17.2 Å². The van der Waals surface area contributed by atoms with Gasteiger partial charge >= 0.3 is 0 Å². The molecule has 140 valence electrons. The van der Waals surface area contributed by atoms with Gasteiger partial charge in [0.25, 0.3) is 5.56 Å². The number of pyridine rings is 1. The number of benzene rings is 1. The predicted octanol–water partition coefficient (Wildman–Crippen LogP) is 2.97. The molecule has 1 aromatic carbocycles. The average molecular weight is 383 g/mol. The monoisotopic (exact) mass is 382 g/mol. The van der Waals surface area contributed by atoms with E-state index in [-0.39, 0.29) is 5.56 Å². The molecule has 6 heteroatoms. The summed E-state index contributed by atoms with van der Waals surface area (Å²) in [4.78, 5) is 21.8. The Kier molecular flexibility index (Phi) is 5.25. The van der Waals surface area contributed by atoms with Gasteiger partial charge in [-0.2, -0.15) is 0 Å². The molecule has 0 spiro atoms. The number of piperazine rings is 1. The fraction of sp³-hybridized carbons (Fsp3) is 0.333. The molecule has 27 heavy (non-hydrogen) atoms. The number of nitrogens with zero attached hydrogens (tertiary/aromatic N) is 4. The SMILES string of the molecule is Cc1ccc2nc(CN3CCN(Cc4cccc(Cl)c4)CC3)cc(=O)n2c1. The van der Waals surface area contributed by atoms with Gasteiger partial charge < -0.3 is 0 Å². The van der Waals surface area contributed by atoms with Crippen LogP contribution in [0.4, 0.5) is 0 Å². The van der Waals surface area contributed by atoms with Crippen molar-refractivity contribution in [2.45, 2.75) is 20.0 Å². The Hall–Kier alpha value is -2.21. The van der Waals surface area contributed by atoms with Crippen LogP contribution in [0, 0.1) is 6.92 Å². The van der Waals surface area contributed by atoms with E-state index in [1.54, 1.807) is 10.5 Å². The van der Waals surface area contributed by atoms with E-state index in [0.717, 1.165) is 49.0 Å². The van der Waals surface area contributed by atoms with E-state index in [2.05, 4.69) is 20.9 Å². The minimum atomic E-state index is -0.0155. The van der Waals surface area contributed by atoms with Crippen LogP contribution in [0.15, 0.2) is 53.5 Å². The molecule has 0 aliphatic carbocycles. The van der Waals surface area contributed by atoms with Gasteiger partial charge in [-0.3, -0.25) is 19.0 Å². The van der Waals surface area contributed by atoms with E-state index in [0.29, 0.717) is 12.2 Å². The third-order valence-corrected chi connectivity index (χ3v) is 5.24. The van der Waals surface area contributed by atoms with Gasteiger partial charge in [0.05, 0.1) is 5.69 Å². The average Bonchev–Trinajstić information content (AvgIpc) is 2.64. The molecule has 1 fully saturated rings. The normalized spacial score (nSPS) is 16.1.